The van der Waals surface area contributed by atoms with E-state index < -0.39 is 6.04 Å². The van der Waals surface area contributed by atoms with Gasteiger partial charge in [-0.05, 0) is 55.3 Å². The highest BCUT2D eigenvalue weighted by Crippen LogP contribution is 2.46. The van der Waals surface area contributed by atoms with Gasteiger partial charge in [0.1, 0.15) is 17.5 Å². The summed E-state index contributed by atoms with van der Waals surface area (Å²) in [4.78, 5) is 30.9. The van der Waals surface area contributed by atoms with E-state index in [2.05, 4.69) is 10.2 Å². The van der Waals surface area contributed by atoms with Crippen LogP contribution >= 0.6 is 0 Å². The fourth-order valence-corrected chi connectivity index (χ4v) is 5.37. The number of likely N-dealkylation sites (tertiary alicyclic amines) is 1. The van der Waals surface area contributed by atoms with Crippen molar-refractivity contribution in [1.29, 1.82) is 0 Å². The van der Waals surface area contributed by atoms with Crippen LogP contribution in [0.4, 0.5) is 0 Å². The minimum Gasteiger partial charge on any atom is -0.508 e. The van der Waals surface area contributed by atoms with Crippen LogP contribution < -0.4 is 5.32 Å². The molecule has 0 spiro atoms. The average Bonchev–Trinajstić information content (AvgIpc) is 3.64. The molecule has 5 rings (SSSR count). The monoisotopic (exact) mass is 493 g/mol. The van der Waals surface area contributed by atoms with Gasteiger partial charge in [0.2, 0.25) is 5.91 Å². The molecule has 0 aromatic heterocycles. The maximum atomic E-state index is 13.7. The number of nitrogens with zero attached hydrogens (tertiary/aromatic N) is 2. The topological polar surface area (TPSA) is 102 Å². The number of morpholine rings is 1. The third-order valence-corrected chi connectivity index (χ3v) is 7.58. The summed E-state index contributed by atoms with van der Waals surface area (Å²) in [7, 11) is 0. The van der Waals surface area contributed by atoms with Crippen LogP contribution in [0.3, 0.4) is 0 Å². The number of hydrogen-bond donors (Lipinski definition) is 3. The molecule has 0 bridgehead atoms. The summed E-state index contributed by atoms with van der Waals surface area (Å²) in [5.74, 6) is -0.523. The lowest BCUT2D eigenvalue weighted by Gasteiger charge is -2.27. The molecular weight excluding hydrogens is 458 g/mol. The van der Waals surface area contributed by atoms with Gasteiger partial charge in [-0.25, -0.2) is 0 Å². The van der Waals surface area contributed by atoms with E-state index in [1.165, 1.54) is 6.07 Å². The first-order valence-electron chi connectivity index (χ1n) is 13.0. The molecule has 2 heterocycles. The van der Waals surface area contributed by atoms with Crippen LogP contribution in [0.5, 0.6) is 11.5 Å². The summed E-state index contributed by atoms with van der Waals surface area (Å²) < 4.78 is 5.39. The molecule has 192 valence electrons. The van der Waals surface area contributed by atoms with Crippen molar-refractivity contribution in [3.63, 3.8) is 0 Å². The molecule has 3 fully saturated rings. The minimum absolute atomic E-state index is 0.0182. The lowest BCUT2D eigenvalue weighted by atomic mass is 9.96. The second-order valence-corrected chi connectivity index (χ2v) is 10.1. The smallest absolute Gasteiger partial charge is 0.258 e. The number of carbonyl (C=O) groups excluding carboxylic acids is 2. The Labute approximate surface area is 211 Å². The summed E-state index contributed by atoms with van der Waals surface area (Å²) in [6, 6.07) is 12.2. The zero-order valence-electron chi connectivity index (χ0n) is 20.6. The quantitative estimate of drug-likeness (QED) is 0.489. The van der Waals surface area contributed by atoms with E-state index in [9.17, 15) is 19.8 Å². The van der Waals surface area contributed by atoms with Gasteiger partial charge in [0, 0.05) is 38.2 Å². The van der Waals surface area contributed by atoms with Crippen LogP contribution in [0.25, 0.3) is 0 Å². The second kappa shape index (κ2) is 10.9. The highest BCUT2D eigenvalue weighted by atomic mass is 16.5. The Hall–Kier alpha value is -3.10. The van der Waals surface area contributed by atoms with E-state index in [1.54, 1.807) is 11.0 Å². The van der Waals surface area contributed by atoms with Crippen LogP contribution in [-0.2, 0) is 9.53 Å². The Balaban J connectivity index is 1.30. The summed E-state index contributed by atoms with van der Waals surface area (Å²) in [6.07, 6.45) is 3.28. The number of ether oxygens (including phenoxy) is 1. The maximum absolute atomic E-state index is 13.7. The lowest BCUT2D eigenvalue weighted by molar-refractivity contribution is -0.124. The van der Waals surface area contributed by atoms with Crippen molar-refractivity contribution < 1.29 is 24.5 Å². The minimum atomic E-state index is -0.622. The van der Waals surface area contributed by atoms with Crippen molar-refractivity contribution in [3.05, 3.63) is 59.2 Å². The molecule has 2 aromatic carbocycles. The number of carbonyl (C=O) groups is 2. The van der Waals surface area contributed by atoms with Gasteiger partial charge in [-0.2, -0.15) is 0 Å². The van der Waals surface area contributed by atoms with E-state index in [0.717, 1.165) is 57.7 Å². The Morgan fingerprint density at radius 3 is 2.47 bits per heavy atom. The molecule has 0 unspecified atom stereocenters. The molecular formula is C28H35N3O5. The maximum Gasteiger partial charge on any atom is 0.258 e. The lowest BCUT2D eigenvalue weighted by Crippen LogP contribution is -2.46. The predicted molar refractivity (Wildman–Crippen MR) is 135 cm³/mol. The standard InChI is InChI=1S/C28H35N3O5/c32-25-17-26(33)23(16-22(25)20-7-8-20)28(35)31-18-21(19-5-2-1-3-6-19)15-24(31)27(34)29-9-4-10-30-11-13-36-14-12-30/h1-3,5-6,16-17,20-21,24,32-33H,4,7-15,18H2,(H,29,34)/t21-,24+/m0/s1. The number of aromatic hydroxyl groups is 2. The molecule has 2 aliphatic heterocycles. The molecule has 2 aromatic rings. The van der Waals surface area contributed by atoms with Crippen molar-refractivity contribution in [2.45, 2.75) is 43.6 Å². The van der Waals surface area contributed by atoms with Crippen LogP contribution in [-0.4, -0.2) is 83.8 Å². The zero-order chi connectivity index (χ0) is 25.1. The van der Waals surface area contributed by atoms with Crippen LogP contribution in [0.2, 0.25) is 0 Å². The number of phenolic OH excluding ortho intramolecular Hbond substituents is 2. The number of phenols is 2. The normalized spacial score (nSPS) is 22.5. The first-order chi connectivity index (χ1) is 17.5. The summed E-state index contributed by atoms with van der Waals surface area (Å²) >= 11 is 0. The predicted octanol–water partition coefficient (Wildman–Crippen LogP) is 2.81. The molecule has 36 heavy (non-hydrogen) atoms. The Morgan fingerprint density at radius 1 is 1.00 bits per heavy atom. The molecule has 2 atom stereocenters. The second-order valence-electron chi connectivity index (χ2n) is 10.1. The van der Waals surface area contributed by atoms with E-state index in [0.29, 0.717) is 25.1 Å². The van der Waals surface area contributed by atoms with Gasteiger partial charge in [0.15, 0.2) is 0 Å². The Morgan fingerprint density at radius 2 is 1.75 bits per heavy atom. The molecule has 2 amide bonds. The van der Waals surface area contributed by atoms with Crippen molar-refractivity contribution in [3.8, 4) is 11.5 Å². The number of amides is 2. The van der Waals surface area contributed by atoms with E-state index in [1.807, 2.05) is 30.3 Å². The number of nitrogens with one attached hydrogen (secondary N) is 1. The summed E-state index contributed by atoms with van der Waals surface area (Å²) in [5.41, 5.74) is 1.93. The van der Waals surface area contributed by atoms with Gasteiger partial charge in [-0.3, -0.25) is 14.5 Å². The Bertz CT molecular complexity index is 1080. The first-order valence-corrected chi connectivity index (χ1v) is 13.0. The van der Waals surface area contributed by atoms with Gasteiger partial charge in [0.25, 0.3) is 5.91 Å². The molecule has 3 aliphatic rings. The third-order valence-electron chi connectivity index (χ3n) is 7.58. The van der Waals surface area contributed by atoms with Gasteiger partial charge in [-0.1, -0.05) is 30.3 Å². The van der Waals surface area contributed by atoms with E-state index >= 15 is 0 Å². The van der Waals surface area contributed by atoms with Gasteiger partial charge < -0.3 is 25.2 Å². The fraction of sp³-hybridized carbons (Fsp3) is 0.500. The molecule has 1 aliphatic carbocycles. The van der Waals surface area contributed by atoms with Crippen LogP contribution in [0.1, 0.15) is 59.0 Å². The van der Waals surface area contributed by atoms with Crippen LogP contribution in [0.15, 0.2) is 42.5 Å². The summed E-state index contributed by atoms with van der Waals surface area (Å²) in [5, 5.41) is 23.8. The van der Waals surface area contributed by atoms with Crippen molar-refractivity contribution in [2.24, 2.45) is 0 Å². The molecule has 3 N–H and O–H groups in total. The highest BCUT2D eigenvalue weighted by Gasteiger charge is 2.41. The molecule has 2 saturated heterocycles. The number of benzene rings is 2. The Kier molecular flexibility index (Phi) is 7.43. The first kappa shape index (κ1) is 24.6. The SMILES string of the molecule is O=C(NCCCN1CCOCC1)[C@H]1C[C@H](c2ccccc2)CN1C(=O)c1cc(C2CC2)c(O)cc1O. The van der Waals surface area contributed by atoms with E-state index in [4.69, 9.17) is 4.74 Å². The summed E-state index contributed by atoms with van der Waals surface area (Å²) in [6.45, 7) is 5.16. The molecule has 8 nitrogen and oxygen atoms in total. The van der Waals surface area contributed by atoms with E-state index in [-0.39, 0.29) is 40.7 Å². The van der Waals surface area contributed by atoms with Gasteiger partial charge in [-0.15, -0.1) is 0 Å². The van der Waals surface area contributed by atoms with Gasteiger partial charge >= 0.3 is 0 Å². The third kappa shape index (κ3) is 5.50. The van der Waals surface area contributed by atoms with Crippen molar-refractivity contribution in [2.75, 3.05) is 45.9 Å². The largest absolute Gasteiger partial charge is 0.508 e. The number of rotatable bonds is 8. The van der Waals surface area contributed by atoms with Gasteiger partial charge in [0.05, 0.1) is 18.8 Å². The van der Waals surface area contributed by atoms with Crippen molar-refractivity contribution in [1.82, 2.24) is 15.1 Å². The highest BCUT2D eigenvalue weighted by molar-refractivity contribution is 6.00. The van der Waals surface area contributed by atoms with Crippen LogP contribution in [0, 0.1) is 0 Å². The fourth-order valence-electron chi connectivity index (χ4n) is 5.37. The molecule has 0 radical (unpaired) electrons. The average molecular weight is 494 g/mol. The molecule has 8 heteroatoms. The zero-order valence-corrected chi connectivity index (χ0v) is 20.6. The van der Waals surface area contributed by atoms with Crippen molar-refractivity contribution >= 4 is 11.8 Å². The molecule has 1 saturated carbocycles. The number of hydrogen-bond acceptors (Lipinski definition) is 6.